The highest BCUT2D eigenvalue weighted by atomic mass is 16.7. The van der Waals surface area contributed by atoms with Gasteiger partial charge in [-0.1, -0.05) is 25.8 Å². The third kappa shape index (κ3) is 3.52. The van der Waals surface area contributed by atoms with Crippen molar-refractivity contribution < 1.29 is 14.6 Å². The Hall–Kier alpha value is -4.07. The molecule has 0 spiro atoms. The van der Waals surface area contributed by atoms with Crippen LogP contribution in [0.3, 0.4) is 0 Å². The fourth-order valence-electron chi connectivity index (χ4n) is 3.67. The number of nitro groups is 1. The second kappa shape index (κ2) is 7.02. The molecule has 0 aliphatic carbocycles. The highest BCUT2D eigenvalue weighted by Gasteiger charge is 2.42. The first-order chi connectivity index (χ1) is 14.6. The van der Waals surface area contributed by atoms with E-state index in [1.165, 1.54) is 12.3 Å². The zero-order valence-corrected chi connectivity index (χ0v) is 17.2. The summed E-state index contributed by atoms with van der Waals surface area (Å²) in [5.74, 6) is -1.04. The van der Waals surface area contributed by atoms with Gasteiger partial charge in [-0.3, -0.25) is 14.5 Å². The molecule has 0 radical (unpaired) electrons. The van der Waals surface area contributed by atoms with Gasteiger partial charge in [0.1, 0.15) is 18.3 Å². The Morgan fingerprint density at radius 2 is 1.97 bits per heavy atom. The molecule has 2 aromatic heterocycles. The normalized spacial score (nSPS) is 16.3. The molecule has 0 N–H and O–H groups in total. The van der Waals surface area contributed by atoms with E-state index in [0.717, 1.165) is 16.1 Å². The first kappa shape index (κ1) is 20.2. The zero-order chi connectivity index (χ0) is 22.5. The van der Waals surface area contributed by atoms with Crippen LogP contribution >= 0.6 is 0 Å². The molecule has 158 valence electrons. The zero-order valence-electron chi connectivity index (χ0n) is 17.2. The van der Waals surface area contributed by atoms with Crippen molar-refractivity contribution in [1.82, 2.24) is 24.4 Å². The van der Waals surface area contributed by atoms with Gasteiger partial charge in [0.15, 0.2) is 5.03 Å². The topological polar surface area (TPSA) is 138 Å². The van der Waals surface area contributed by atoms with Crippen LogP contribution < -0.4 is 0 Å². The van der Waals surface area contributed by atoms with Crippen LogP contribution in [0.15, 0.2) is 35.7 Å². The fourth-order valence-corrected chi connectivity index (χ4v) is 3.67. The summed E-state index contributed by atoms with van der Waals surface area (Å²) in [6, 6.07) is 3.71. The number of nitrogens with zero attached hydrogens (tertiary/aromatic N) is 7. The molecule has 4 rings (SSSR count). The van der Waals surface area contributed by atoms with E-state index in [9.17, 15) is 19.7 Å². The molecule has 11 heteroatoms. The van der Waals surface area contributed by atoms with Crippen LogP contribution in [-0.4, -0.2) is 47.8 Å². The van der Waals surface area contributed by atoms with Crippen molar-refractivity contribution in [3.05, 3.63) is 57.3 Å². The molecule has 2 aliphatic heterocycles. The lowest BCUT2D eigenvalue weighted by molar-refractivity contribution is -0.637. The van der Waals surface area contributed by atoms with Gasteiger partial charge in [-0.15, -0.1) is 0 Å². The van der Waals surface area contributed by atoms with Crippen molar-refractivity contribution in [1.29, 1.82) is 5.26 Å². The molecule has 31 heavy (non-hydrogen) atoms. The molecule has 2 aromatic rings. The monoisotopic (exact) mass is 421 g/mol. The van der Waals surface area contributed by atoms with Crippen molar-refractivity contribution in [2.24, 2.45) is 5.41 Å². The van der Waals surface area contributed by atoms with Crippen molar-refractivity contribution in [3.8, 4) is 6.07 Å². The Kier molecular flexibility index (Phi) is 4.57. The van der Waals surface area contributed by atoms with E-state index >= 15 is 0 Å². The summed E-state index contributed by atoms with van der Waals surface area (Å²) in [5, 5.41) is 21.0. The molecule has 0 saturated carbocycles. The van der Waals surface area contributed by atoms with Crippen LogP contribution in [0.4, 0.5) is 0 Å². The van der Waals surface area contributed by atoms with E-state index in [1.54, 1.807) is 6.07 Å². The molecule has 4 heterocycles. The average Bonchev–Trinajstić information content (AvgIpc) is 3.16. The minimum atomic E-state index is -0.632. The van der Waals surface area contributed by atoms with Crippen LogP contribution in [0.5, 0.6) is 0 Å². The number of aromatic nitrogens is 3. The molecule has 1 saturated heterocycles. The average molecular weight is 421 g/mol. The molecular formula is C20H19N7O4. The van der Waals surface area contributed by atoms with Gasteiger partial charge in [-0.25, -0.2) is 20.1 Å². The number of likely N-dealkylation sites (tertiary alicyclic amines) is 1. The highest BCUT2D eigenvalue weighted by Crippen LogP contribution is 2.31. The molecule has 1 fully saturated rings. The third-order valence-corrected chi connectivity index (χ3v) is 4.98. The van der Waals surface area contributed by atoms with Gasteiger partial charge in [-0.2, -0.15) is 5.26 Å². The van der Waals surface area contributed by atoms with E-state index in [2.05, 4.69) is 9.97 Å². The largest absolute Gasteiger partial charge is 0.327 e. The molecule has 0 unspecified atom stereocenters. The predicted molar refractivity (Wildman–Crippen MR) is 107 cm³/mol. The number of rotatable bonds is 4. The molecule has 0 atom stereocenters. The second-order valence-electron chi connectivity index (χ2n) is 8.58. The minimum Gasteiger partial charge on any atom is -0.327 e. The Bertz CT molecular complexity index is 1240. The van der Waals surface area contributed by atoms with Crippen LogP contribution in [0.2, 0.25) is 0 Å². The number of fused-ring (bicyclic) bond motifs is 2. The van der Waals surface area contributed by atoms with Crippen molar-refractivity contribution in [2.45, 2.75) is 33.9 Å². The van der Waals surface area contributed by atoms with Crippen LogP contribution in [0.25, 0.3) is 11.0 Å². The van der Waals surface area contributed by atoms with Crippen molar-refractivity contribution in [3.63, 3.8) is 0 Å². The molecule has 2 aliphatic rings. The van der Waals surface area contributed by atoms with Gasteiger partial charge in [0.25, 0.3) is 11.8 Å². The molecule has 11 nitrogen and oxygen atoms in total. The SMILES string of the molecule is CC(C)(C)Cn1c(CN2C(=O)C3=CCN([N+](=O)[O-])C=C3C2=O)cc2cnc(C#N)nc21. The first-order valence-corrected chi connectivity index (χ1v) is 9.54. The number of hydrogen-bond donors (Lipinski definition) is 0. The number of amides is 2. The van der Waals surface area contributed by atoms with Crippen LogP contribution in [-0.2, 0) is 22.7 Å². The lowest BCUT2D eigenvalue weighted by atomic mass is 9.97. The quantitative estimate of drug-likeness (QED) is 0.411. The standard InChI is InChI=1S/C20H19N7O4/c1-20(2,3)11-26-13(6-12-8-22-16(7-21)23-17(12)26)9-25-18(28)14-4-5-24(27(30)31)10-15(14)19(25)29/h4,6,8,10H,5,9,11H2,1-3H3. The maximum atomic E-state index is 12.9. The molecule has 0 aromatic carbocycles. The van der Waals surface area contributed by atoms with Gasteiger partial charge in [-0.05, 0) is 17.6 Å². The third-order valence-electron chi connectivity index (χ3n) is 4.98. The first-order valence-electron chi connectivity index (χ1n) is 9.54. The summed E-state index contributed by atoms with van der Waals surface area (Å²) in [6.07, 6.45) is 4.04. The lowest BCUT2D eigenvalue weighted by Crippen LogP contribution is -2.31. The van der Waals surface area contributed by atoms with Crippen molar-refractivity contribution >= 4 is 22.8 Å². The summed E-state index contributed by atoms with van der Waals surface area (Å²) in [6.45, 7) is 6.53. The van der Waals surface area contributed by atoms with Crippen LogP contribution in [0, 0.1) is 26.9 Å². The van der Waals surface area contributed by atoms with E-state index in [1.807, 2.05) is 31.4 Å². The Morgan fingerprint density at radius 1 is 1.26 bits per heavy atom. The lowest BCUT2D eigenvalue weighted by Gasteiger charge is -2.23. The van der Waals surface area contributed by atoms with Gasteiger partial charge in [0.2, 0.25) is 5.82 Å². The summed E-state index contributed by atoms with van der Waals surface area (Å²) < 4.78 is 1.88. The van der Waals surface area contributed by atoms with Gasteiger partial charge < -0.3 is 4.57 Å². The molecule has 2 amide bonds. The number of nitriles is 1. The minimum absolute atomic E-state index is 0.0120. The second-order valence-corrected chi connectivity index (χ2v) is 8.58. The van der Waals surface area contributed by atoms with Gasteiger partial charge in [0.05, 0.1) is 23.9 Å². The highest BCUT2D eigenvalue weighted by molar-refractivity contribution is 6.24. The van der Waals surface area contributed by atoms with Gasteiger partial charge in [0, 0.05) is 23.8 Å². The van der Waals surface area contributed by atoms with Gasteiger partial charge >= 0.3 is 0 Å². The number of hydrazine groups is 1. The van der Waals surface area contributed by atoms with E-state index in [4.69, 9.17) is 5.26 Å². The van der Waals surface area contributed by atoms with E-state index < -0.39 is 16.8 Å². The van der Waals surface area contributed by atoms with E-state index in [-0.39, 0.29) is 35.5 Å². The number of carbonyl (C=O) groups excluding carboxylic acids is 2. The predicted octanol–water partition coefficient (Wildman–Crippen LogP) is 1.54. The Morgan fingerprint density at radius 3 is 2.61 bits per heavy atom. The Labute approximate surface area is 177 Å². The summed E-state index contributed by atoms with van der Waals surface area (Å²) in [5.41, 5.74) is 1.24. The number of carbonyl (C=O) groups is 2. The maximum absolute atomic E-state index is 12.9. The summed E-state index contributed by atoms with van der Waals surface area (Å²) in [4.78, 5) is 46.2. The molecule has 0 bridgehead atoms. The number of hydrogen-bond acceptors (Lipinski definition) is 7. The summed E-state index contributed by atoms with van der Waals surface area (Å²) >= 11 is 0. The summed E-state index contributed by atoms with van der Waals surface area (Å²) in [7, 11) is 0. The fraction of sp³-hybridized carbons (Fsp3) is 0.350. The van der Waals surface area contributed by atoms with Crippen molar-refractivity contribution in [2.75, 3.05) is 6.54 Å². The Balaban J connectivity index is 1.75. The van der Waals surface area contributed by atoms with E-state index in [0.29, 0.717) is 23.3 Å². The van der Waals surface area contributed by atoms with Crippen LogP contribution in [0.1, 0.15) is 32.3 Å². The number of imide groups is 1. The maximum Gasteiger partial charge on any atom is 0.263 e. The molecular weight excluding hydrogens is 402 g/mol. The smallest absolute Gasteiger partial charge is 0.263 e.